The van der Waals surface area contributed by atoms with Gasteiger partial charge in [0.25, 0.3) is 0 Å². The third-order valence-corrected chi connectivity index (χ3v) is 1.59. The molecular weight excluding hydrogens is 160 g/mol. The van der Waals surface area contributed by atoms with Crippen LogP contribution in [0.4, 0.5) is 10.5 Å². The highest BCUT2D eigenvalue weighted by atomic mass is 16.2. The molecular formula is C6H6N4O2. The molecule has 0 aliphatic carbocycles. The molecule has 2 heterocycles. The summed E-state index contributed by atoms with van der Waals surface area (Å²) in [6.45, 7) is 0.0678. The van der Waals surface area contributed by atoms with Crippen LogP contribution in [-0.2, 0) is 4.79 Å². The molecule has 1 aromatic rings. The zero-order valence-corrected chi connectivity index (χ0v) is 6.07. The summed E-state index contributed by atoms with van der Waals surface area (Å²) < 4.78 is 0. The second kappa shape index (κ2) is 2.33. The van der Waals surface area contributed by atoms with Crippen molar-refractivity contribution in [1.29, 1.82) is 0 Å². The van der Waals surface area contributed by atoms with E-state index in [1.54, 1.807) is 6.20 Å². The normalized spacial score (nSPS) is 16.8. The Bertz CT molecular complexity index is 318. The Hall–Kier alpha value is -1.85. The molecule has 1 saturated heterocycles. The summed E-state index contributed by atoms with van der Waals surface area (Å²) in [5.41, 5.74) is 0.596. The Balaban J connectivity index is 2.26. The number of nitrogens with zero attached hydrogens (tertiary/aromatic N) is 2. The fraction of sp³-hybridized carbons (Fsp3) is 0.167. The van der Waals surface area contributed by atoms with E-state index in [0.29, 0.717) is 5.69 Å². The maximum absolute atomic E-state index is 11.0. The SMILES string of the molecule is O=C1CN(c2cn[nH]c2)C(=O)N1. The lowest BCUT2D eigenvalue weighted by atomic mass is 10.5. The van der Waals surface area contributed by atoms with E-state index in [2.05, 4.69) is 15.5 Å². The maximum Gasteiger partial charge on any atom is 0.329 e. The van der Waals surface area contributed by atoms with Crippen molar-refractivity contribution in [2.45, 2.75) is 0 Å². The van der Waals surface area contributed by atoms with E-state index in [0.717, 1.165) is 0 Å². The van der Waals surface area contributed by atoms with Gasteiger partial charge in [-0.3, -0.25) is 20.1 Å². The van der Waals surface area contributed by atoms with E-state index < -0.39 is 6.03 Å². The molecule has 12 heavy (non-hydrogen) atoms. The minimum atomic E-state index is -0.401. The quantitative estimate of drug-likeness (QED) is 0.550. The molecule has 0 unspecified atom stereocenters. The second-order valence-corrected chi connectivity index (χ2v) is 2.40. The first-order valence-electron chi connectivity index (χ1n) is 3.37. The minimum Gasteiger partial charge on any atom is -0.284 e. The predicted octanol–water partition coefficient (Wildman–Crippen LogP) is -0.534. The standard InChI is InChI=1S/C6H6N4O2/c11-5-3-10(6(12)9-5)4-1-7-8-2-4/h1-2H,3H2,(H,7,8)(H,9,11,12). The Morgan fingerprint density at radius 2 is 2.33 bits per heavy atom. The van der Waals surface area contributed by atoms with Gasteiger partial charge >= 0.3 is 6.03 Å². The van der Waals surface area contributed by atoms with E-state index >= 15 is 0 Å². The fourth-order valence-electron chi connectivity index (χ4n) is 1.04. The molecule has 0 spiro atoms. The predicted molar refractivity (Wildman–Crippen MR) is 39.5 cm³/mol. The lowest BCUT2D eigenvalue weighted by Gasteiger charge is -2.07. The van der Waals surface area contributed by atoms with Crippen molar-refractivity contribution in [3.63, 3.8) is 0 Å². The first-order valence-corrected chi connectivity index (χ1v) is 3.37. The Morgan fingerprint density at radius 3 is 2.83 bits per heavy atom. The van der Waals surface area contributed by atoms with E-state index in [9.17, 15) is 9.59 Å². The highest BCUT2D eigenvalue weighted by Gasteiger charge is 2.28. The van der Waals surface area contributed by atoms with Crippen LogP contribution in [0.1, 0.15) is 0 Å². The largest absolute Gasteiger partial charge is 0.329 e. The maximum atomic E-state index is 11.0. The molecule has 3 amide bonds. The number of hydrogen-bond acceptors (Lipinski definition) is 3. The number of H-pyrrole nitrogens is 1. The van der Waals surface area contributed by atoms with Crippen molar-refractivity contribution >= 4 is 17.6 Å². The lowest BCUT2D eigenvalue weighted by molar-refractivity contribution is -0.117. The number of amides is 3. The number of aromatic nitrogens is 2. The van der Waals surface area contributed by atoms with Gasteiger partial charge in [0.1, 0.15) is 6.54 Å². The first kappa shape index (κ1) is 6.84. The van der Waals surface area contributed by atoms with Crippen molar-refractivity contribution in [2.75, 3.05) is 11.4 Å². The van der Waals surface area contributed by atoms with Gasteiger partial charge in [0.15, 0.2) is 0 Å². The number of urea groups is 1. The van der Waals surface area contributed by atoms with Gasteiger partial charge in [0.2, 0.25) is 5.91 Å². The summed E-state index contributed by atoms with van der Waals surface area (Å²) >= 11 is 0. The monoisotopic (exact) mass is 166 g/mol. The molecule has 0 bridgehead atoms. The molecule has 1 fully saturated rings. The lowest BCUT2D eigenvalue weighted by Crippen LogP contribution is -2.27. The van der Waals surface area contributed by atoms with E-state index in [4.69, 9.17) is 0 Å². The number of nitrogens with one attached hydrogen (secondary N) is 2. The molecule has 2 N–H and O–H groups in total. The van der Waals surface area contributed by atoms with E-state index in [1.807, 2.05) is 0 Å². The van der Waals surface area contributed by atoms with Gasteiger partial charge in [-0.15, -0.1) is 0 Å². The van der Waals surface area contributed by atoms with Crippen molar-refractivity contribution in [3.05, 3.63) is 12.4 Å². The van der Waals surface area contributed by atoms with Crippen molar-refractivity contribution in [1.82, 2.24) is 15.5 Å². The molecule has 6 heteroatoms. The summed E-state index contributed by atoms with van der Waals surface area (Å²) in [5.74, 6) is -0.291. The van der Waals surface area contributed by atoms with Crippen LogP contribution in [0.25, 0.3) is 0 Å². The van der Waals surface area contributed by atoms with Gasteiger partial charge in [-0.2, -0.15) is 5.10 Å². The van der Waals surface area contributed by atoms with Gasteiger partial charge in [-0.05, 0) is 0 Å². The number of carbonyl (C=O) groups excluding carboxylic acids is 2. The number of aromatic amines is 1. The van der Waals surface area contributed by atoms with Crippen LogP contribution in [0.5, 0.6) is 0 Å². The van der Waals surface area contributed by atoms with Gasteiger partial charge in [-0.1, -0.05) is 0 Å². The molecule has 0 aromatic carbocycles. The smallest absolute Gasteiger partial charge is 0.284 e. The number of anilines is 1. The van der Waals surface area contributed by atoms with Crippen LogP contribution >= 0.6 is 0 Å². The highest BCUT2D eigenvalue weighted by molar-refractivity contribution is 6.12. The van der Waals surface area contributed by atoms with Gasteiger partial charge < -0.3 is 0 Å². The number of rotatable bonds is 1. The Labute approximate surface area is 67.6 Å². The number of imide groups is 1. The van der Waals surface area contributed by atoms with Crippen LogP contribution in [0, 0.1) is 0 Å². The van der Waals surface area contributed by atoms with E-state index in [1.165, 1.54) is 11.1 Å². The Kier molecular flexibility index (Phi) is 1.33. The topological polar surface area (TPSA) is 78.1 Å². The van der Waals surface area contributed by atoms with Gasteiger partial charge in [0.05, 0.1) is 11.9 Å². The molecule has 1 aliphatic heterocycles. The number of carbonyl (C=O) groups is 2. The molecule has 0 radical (unpaired) electrons. The Morgan fingerprint density at radius 1 is 1.50 bits per heavy atom. The molecule has 2 rings (SSSR count). The van der Waals surface area contributed by atoms with Crippen LogP contribution in [0.2, 0.25) is 0 Å². The zero-order chi connectivity index (χ0) is 8.55. The van der Waals surface area contributed by atoms with Crippen LogP contribution in [-0.4, -0.2) is 28.7 Å². The molecule has 6 nitrogen and oxygen atoms in total. The molecule has 62 valence electrons. The van der Waals surface area contributed by atoms with Crippen molar-refractivity contribution < 1.29 is 9.59 Å². The average molecular weight is 166 g/mol. The van der Waals surface area contributed by atoms with Crippen LogP contribution < -0.4 is 10.2 Å². The molecule has 0 saturated carbocycles. The van der Waals surface area contributed by atoms with E-state index in [-0.39, 0.29) is 12.5 Å². The number of hydrogen-bond donors (Lipinski definition) is 2. The van der Waals surface area contributed by atoms with Crippen LogP contribution in [0.3, 0.4) is 0 Å². The third-order valence-electron chi connectivity index (χ3n) is 1.59. The minimum absolute atomic E-state index is 0.0678. The van der Waals surface area contributed by atoms with Gasteiger partial charge in [0, 0.05) is 6.20 Å². The molecule has 0 atom stereocenters. The van der Waals surface area contributed by atoms with Crippen molar-refractivity contribution in [2.24, 2.45) is 0 Å². The van der Waals surface area contributed by atoms with Gasteiger partial charge in [-0.25, -0.2) is 4.79 Å². The average Bonchev–Trinajstić information content (AvgIpc) is 2.58. The zero-order valence-electron chi connectivity index (χ0n) is 6.07. The molecule has 1 aromatic heterocycles. The summed E-state index contributed by atoms with van der Waals surface area (Å²) in [4.78, 5) is 23.1. The molecule has 1 aliphatic rings. The summed E-state index contributed by atoms with van der Waals surface area (Å²) in [5, 5.41) is 8.39. The first-order chi connectivity index (χ1) is 5.77. The summed E-state index contributed by atoms with van der Waals surface area (Å²) in [6, 6.07) is -0.401. The summed E-state index contributed by atoms with van der Waals surface area (Å²) in [7, 11) is 0. The highest BCUT2D eigenvalue weighted by Crippen LogP contribution is 2.12. The van der Waals surface area contributed by atoms with Crippen molar-refractivity contribution in [3.8, 4) is 0 Å². The third kappa shape index (κ3) is 0.931. The van der Waals surface area contributed by atoms with Crippen LogP contribution in [0.15, 0.2) is 12.4 Å². The summed E-state index contributed by atoms with van der Waals surface area (Å²) in [6.07, 6.45) is 3.04. The fourth-order valence-corrected chi connectivity index (χ4v) is 1.04. The second-order valence-electron chi connectivity index (χ2n) is 2.40.